The minimum absolute atomic E-state index is 0.199. The molecule has 9 nitrogen and oxygen atoms in total. The number of aromatic nitrogens is 2. The molecule has 1 aromatic carbocycles. The maximum atomic E-state index is 12.7. The third-order valence-electron chi connectivity index (χ3n) is 4.90. The fraction of sp³-hybridized carbons (Fsp3) is 0.273. The van der Waals surface area contributed by atoms with E-state index in [1.165, 1.54) is 0 Å². The summed E-state index contributed by atoms with van der Waals surface area (Å²) < 4.78 is 12.1. The highest BCUT2D eigenvalue weighted by Gasteiger charge is 2.22. The molecular weight excluding hydrogens is 436 g/mol. The summed E-state index contributed by atoms with van der Waals surface area (Å²) in [5.74, 6) is 0.197. The first kappa shape index (κ1) is 23.1. The predicted molar refractivity (Wildman–Crippen MR) is 117 cm³/mol. The van der Waals surface area contributed by atoms with E-state index in [9.17, 15) is 14.4 Å². The number of Topliss-reactive ketones (excluding diaryl/α,β-unsaturated/α-hetero) is 1. The Labute approximate surface area is 189 Å². The molecule has 10 heteroatoms. The Morgan fingerprint density at radius 2 is 1.88 bits per heavy atom. The molecule has 0 aliphatic heterocycles. The number of hydrogen-bond acceptors (Lipinski definition) is 6. The number of benzene rings is 1. The van der Waals surface area contributed by atoms with Gasteiger partial charge in [0.2, 0.25) is 5.78 Å². The van der Waals surface area contributed by atoms with E-state index in [1.807, 2.05) is 6.92 Å². The van der Waals surface area contributed by atoms with Crippen molar-refractivity contribution in [3.63, 3.8) is 0 Å². The molecule has 0 radical (unpaired) electrons. The van der Waals surface area contributed by atoms with Crippen molar-refractivity contribution in [3.8, 4) is 5.82 Å². The minimum atomic E-state index is -0.788. The van der Waals surface area contributed by atoms with Crippen molar-refractivity contribution in [1.82, 2.24) is 15.0 Å². The van der Waals surface area contributed by atoms with E-state index < -0.39 is 24.6 Å². The Kier molecular flexibility index (Phi) is 6.99. The van der Waals surface area contributed by atoms with E-state index in [2.05, 4.69) is 10.5 Å². The van der Waals surface area contributed by atoms with Crippen LogP contribution in [0.15, 0.2) is 40.9 Å². The first-order chi connectivity index (χ1) is 15.2. The van der Waals surface area contributed by atoms with Crippen LogP contribution in [0, 0.1) is 20.8 Å². The summed E-state index contributed by atoms with van der Waals surface area (Å²) in [6.45, 7) is 4.96. The van der Waals surface area contributed by atoms with Gasteiger partial charge in [0.15, 0.2) is 12.4 Å². The van der Waals surface area contributed by atoms with Gasteiger partial charge in [-0.3, -0.25) is 14.2 Å². The van der Waals surface area contributed by atoms with Gasteiger partial charge in [-0.05, 0) is 44.5 Å². The maximum Gasteiger partial charge on any atom is 0.312 e. The summed E-state index contributed by atoms with van der Waals surface area (Å²) in [7, 11) is 0. The van der Waals surface area contributed by atoms with E-state index in [0.717, 1.165) is 5.69 Å². The van der Waals surface area contributed by atoms with Crippen molar-refractivity contribution in [1.29, 1.82) is 0 Å². The summed E-state index contributed by atoms with van der Waals surface area (Å²) in [6.07, 6.45) is -0.199. The van der Waals surface area contributed by atoms with Crippen LogP contribution in [0.1, 0.15) is 45.5 Å². The molecule has 3 aromatic rings. The highest BCUT2D eigenvalue weighted by Crippen LogP contribution is 2.22. The van der Waals surface area contributed by atoms with E-state index in [4.69, 9.17) is 26.6 Å². The van der Waals surface area contributed by atoms with Crippen LogP contribution in [0.2, 0.25) is 5.02 Å². The van der Waals surface area contributed by atoms with Crippen LogP contribution in [0.5, 0.6) is 0 Å². The third kappa shape index (κ3) is 5.36. The number of ketones is 1. The summed E-state index contributed by atoms with van der Waals surface area (Å²) in [4.78, 5) is 36.4. The van der Waals surface area contributed by atoms with Crippen molar-refractivity contribution in [2.24, 2.45) is 5.73 Å². The van der Waals surface area contributed by atoms with Gasteiger partial charge in [0.1, 0.15) is 5.76 Å². The molecule has 0 unspecified atom stereocenters. The number of nitrogens with zero attached hydrogens (tertiary/aromatic N) is 2. The molecule has 0 bridgehead atoms. The average Bonchev–Trinajstić information content (AvgIpc) is 3.28. The van der Waals surface area contributed by atoms with Crippen molar-refractivity contribution in [2.75, 3.05) is 6.61 Å². The van der Waals surface area contributed by atoms with Crippen LogP contribution in [0.3, 0.4) is 0 Å². The van der Waals surface area contributed by atoms with Crippen LogP contribution in [0.4, 0.5) is 4.79 Å². The number of halogens is 1. The molecule has 0 aliphatic rings. The highest BCUT2D eigenvalue weighted by molar-refractivity contribution is 6.30. The third-order valence-corrected chi connectivity index (χ3v) is 5.15. The molecule has 2 amide bonds. The lowest BCUT2D eigenvalue weighted by molar-refractivity contribution is -0.143. The number of hydrogen-bond donors (Lipinski definition) is 2. The number of esters is 1. The van der Waals surface area contributed by atoms with Gasteiger partial charge >= 0.3 is 12.0 Å². The number of nitrogens with two attached hydrogens (primary N) is 1. The Hall–Kier alpha value is -3.59. The molecule has 1 atom stereocenters. The van der Waals surface area contributed by atoms with Crippen LogP contribution in [-0.4, -0.2) is 34.1 Å². The predicted octanol–water partition coefficient (Wildman–Crippen LogP) is 3.57. The van der Waals surface area contributed by atoms with E-state index >= 15 is 0 Å². The van der Waals surface area contributed by atoms with Gasteiger partial charge in [0, 0.05) is 28.0 Å². The molecule has 0 spiro atoms. The second-order valence-corrected chi connectivity index (χ2v) is 7.75. The normalized spacial score (nSPS) is 11.8. The molecule has 3 rings (SSSR count). The number of primary amides is 1. The second kappa shape index (κ2) is 9.69. The fourth-order valence-corrected chi connectivity index (χ4v) is 3.55. The Balaban J connectivity index is 1.67. The summed E-state index contributed by atoms with van der Waals surface area (Å²) in [6, 6.07) is 8.57. The number of amides is 2. The monoisotopic (exact) mass is 458 g/mol. The lowest BCUT2D eigenvalue weighted by Gasteiger charge is -2.17. The second-order valence-electron chi connectivity index (χ2n) is 7.32. The van der Waals surface area contributed by atoms with Gasteiger partial charge < -0.3 is 20.3 Å². The van der Waals surface area contributed by atoms with Crippen molar-refractivity contribution in [2.45, 2.75) is 33.2 Å². The van der Waals surface area contributed by atoms with Gasteiger partial charge in [-0.25, -0.2) is 4.79 Å². The van der Waals surface area contributed by atoms with Crippen LogP contribution >= 0.6 is 11.6 Å². The molecule has 32 heavy (non-hydrogen) atoms. The molecule has 168 valence electrons. The van der Waals surface area contributed by atoms with E-state index in [-0.39, 0.29) is 12.2 Å². The minimum Gasteiger partial charge on any atom is -0.457 e. The van der Waals surface area contributed by atoms with Crippen LogP contribution in [-0.2, 0) is 9.53 Å². The van der Waals surface area contributed by atoms with Gasteiger partial charge in [0.25, 0.3) is 0 Å². The van der Waals surface area contributed by atoms with E-state index in [0.29, 0.717) is 33.4 Å². The van der Waals surface area contributed by atoms with Gasteiger partial charge in [-0.15, -0.1) is 0 Å². The summed E-state index contributed by atoms with van der Waals surface area (Å²) in [5.41, 5.74) is 7.71. The number of aryl methyl sites for hydroxylation is 2. The van der Waals surface area contributed by atoms with Crippen LogP contribution in [0.25, 0.3) is 5.82 Å². The Morgan fingerprint density at radius 1 is 1.19 bits per heavy atom. The zero-order valence-electron chi connectivity index (χ0n) is 17.8. The molecule has 0 saturated carbocycles. The zero-order chi connectivity index (χ0) is 23.4. The number of nitrogens with one attached hydrogen (secondary N) is 1. The molecule has 3 N–H and O–H groups in total. The number of rotatable bonds is 8. The number of carbonyl (C=O) groups is 3. The fourth-order valence-electron chi connectivity index (χ4n) is 3.42. The zero-order valence-corrected chi connectivity index (χ0v) is 18.6. The lowest BCUT2D eigenvalue weighted by atomic mass is 10.0. The van der Waals surface area contributed by atoms with Crippen molar-refractivity contribution < 1.29 is 23.6 Å². The van der Waals surface area contributed by atoms with Gasteiger partial charge in [-0.2, -0.15) is 0 Å². The van der Waals surface area contributed by atoms with Gasteiger partial charge in [0.05, 0.1) is 12.5 Å². The Morgan fingerprint density at radius 3 is 2.47 bits per heavy atom. The number of ether oxygens (including phenoxy) is 1. The van der Waals surface area contributed by atoms with Crippen molar-refractivity contribution in [3.05, 3.63) is 69.7 Å². The standard InChI is InChI=1S/C22H23ClN4O5/c1-12-8-17(14(3)27(12)20-9-13(2)32-26-20)19(28)11-31-21(29)10-18(25-22(24)30)15-4-6-16(23)7-5-15/h4-9,18H,10-11H2,1-3H3,(H3,24,25,30)/t18-/m1/s1. The largest absolute Gasteiger partial charge is 0.457 e. The summed E-state index contributed by atoms with van der Waals surface area (Å²) >= 11 is 5.88. The molecular formula is C22H23ClN4O5. The molecule has 2 aromatic heterocycles. The molecule has 0 aliphatic carbocycles. The maximum absolute atomic E-state index is 12.7. The van der Waals surface area contributed by atoms with Crippen molar-refractivity contribution >= 4 is 29.4 Å². The van der Waals surface area contributed by atoms with Gasteiger partial charge in [-0.1, -0.05) is 28.9 Å². The SMILES string of the molecule is Cc1cc(-n2c(C)cc(C(=O)COC(=O)C[C@@H](NC(N)=O)c3ccc(Cl)cc3)c2C)no1. The molecule has 2 heterocycles. The highest BCUT2D eigenvalue weighted by atomic mass is 35.5. The summed E-state index contributed by atoms with van der Waals surface area (Å²) in [5, 5.41) is 6.99. The first-order valence-electron chi connectivity index (χ1n) is 9.78. The Bertz CT molecular complexity index is 1150. The quantitative estimate of drug-likeness (QED) is 0.392. The first-order valence-corrected chi connectivity index (χ1v) is 10.2. The molecule has 0 saturated heterocycles. The smallest absolute Gasteiger partial charge is 0.312 e. The molecule has 0 fully saturated rings. The number of urea groups is 1. The average molecular weight is 459 g/mol. The van der Waals surface area contributed by atoms with Crippen LogP contribution < -0.4 is 11.1 Å². The van der Waals surface area contributed by atoms with E-state index in [1.54, 1.807) is 54.8 Å². The topological polar surface area (TPSA) is 129 Å². The lowest BCUT2D eigenvalue weighted by Crippen LogP contribution is -2.34. The number of carbonyl (C=O) groups excluding carboxylic acids is 3.